The lowest BCUT2D eigenvalue weighted by Crippen LogP contribution is -2.26. The normalized spacial score (nSPS) is 15.3. The SMILES string of the molecule is CCC(COC)Nc1ccc2c(c1)NC(=O)CO2. The van der Waals surface area contributed by atoms with Crippen LogP contribution in [0.4, 0.5) is 11.4 Å². The summed E-state index contributed by atoms with van der Waals surface area (Å²) in [6.07, 6.45) is 0.966. The largest absolute Gasteiger partial charge is 0.482 e. The molecule has 98 valence electrons. The average Bonchev–Trinajstić information content (AvgIpc) is 2.37. The molecule has 5 nitrogen and oxygen atoms in total. The second-order valence-corrected chi connectivity index (χ2v) is 4.25. The summed E-state index contributed by atoms with van der Waals surface area (Å²) < 4.78 is 10.4. The number of benzene rings is 1. The molecule has 0 saturated carbocycles. The van der Waals surface area contributed by atoms with Gasteiger partial charge in [-0.15, -0.1) is 0 Å². The lowest BCUT2D eigenvalue weighted by atomic mass is 10.2. The van der Waals surface area contributed by atoms with Crippen LogP contribution in [0.2, 0.25) is 0 Å². The molecular formula is C13H18N2O3. The highest BCUT2D eigenvalue weighted by Crippen LogP contribution is 2.30. The molecule has 1 aromatic rings. The van der Waals surface area contributed by atoms with Gasteiger partial charge >= 0.3 is 0 Å². The number of rotatable bonds is 5. The molecule has 0 aliphatic carbocycles. The van der Waals surface area contributed by atoms with Crippen molar-refractivity contribution in [2.45, 2.75) is 19.4 Å². The molecule has 1 aromatic carbocycles. The van der Waals surface area contributed by atoms with Gasteiger partial charge in [-0.05, 0) is 24.6 Å². The first-order chi connectivity index (χ1) is 8.72. The average molecular weight is 250 g/mol. The minimum absolute atomic E-state index is 0.0844. The quantitative estimate of drug-likeness (QED) is 0.837. The molecule has 0 spiro atoms. The molecule has 1 atom stereocenters. The van der Waals surface area contributed by atoms with Crippen LogP contribution < -0.4 is 15.4 Å². The summed E-state index contributed by atoms with van der Waals surface area (Å²) in [4.78, 5) is 11.2. The monoisotopic (exact) mass is 250 g/mol. The van der Waals surface area contributed by atoms with Crippen LogP contribution in [0.3, 0.4) is 0 Å². The third kappa shape index (κ3) is 2.92. The number of fused-ring (bicyclic) bond motifs is 1. The number of hydrogen-bond donors (Lipinski definition) is 2. The van der Waals surface area contributed by atoms with Crippen LogP contribution in [-0.2, 0) is 9.53 Å². The van der Waals surface area contributed by atoms with Crippen molar-refractivity contribution in [2.24, 2.45) is 0 Å². The van der Waals surface area contributed by atoms with Gasteiger partial charge in [0.2, 0.25) is 0 Å². The summed E-state index contributed by atoms with van der Waals surface area (Å²) in [7, 11) is 1.69. The maximum atomic E-state index is 11.2. The first kappa shape index (κ1) is 12.7. The minimum atomic E-state index is -0.122. The standard InChI is InChI=1S/C13H18N2O3/c1-3-9(7-17-2)14-10-4-5-12-11(6-10)15-13(16)8-18-12/h4-6,9,14H,3,7-8H2,1-2H3,(H,15,16). The van der Waals surface area contributed by atoms with Gasteiger partial charge in [-0.1, -0.05) is 6.92 Å². The zero-order valence-corrected chi connectivity index (χ0v) is 10.7. The number of carbonyl (C=O) groups is 1. The summed E-state index contributed by atoms with van der Waals surface area (Å²) in [5, 5.41) is 6.15. The molecule has 1 unspecified atom stereocenters. The van der Waals surface area contributed by atoms with Gasteiger partial charge in [-0.2, -0.15) is 0 Å². The number of amides is 1. The number of hydrogen-bond acceptors (Lipinski definition) is 4. The van der Waals surface area contributed by atoms with E-state index in [0.29, 0.717) is 18.0 Å². The van der Waals surface area contributed by atoms with Crippen molar-refractivity contribution < 1.29 is 14.3 Å². The van der Waals surface area contributed by atoms with Gasteiger partial charge in [-0.3, -0.25) is 4.79 Å². The summed E-state index contributed by atoms with van der Waals surface area (Å²) in [5.74, 6) is 0.587. The van der Waals surface area contributed by atoms with Crippen molar-refractivity contribution >= 4 is 17.3 Å². The van der Waals surface area contributed by atoms with Gasteiger partial charge in [0.25, 0.3) is 5.91 Å². The van der Waals surface area contributed by atoms with E-state index in [4.69, 9.17) is 9.47 Å². The van der Waals surface area contributed by atoms with Crippen molar-refractivity contribution in [3.63, 3.8) is 0 Å². The van der Waals surface area contributed by atoms with Crippen molar-refractivity contribution in [3.05, 3.63) is 18.2 Å². The smallest absolute Gasteiger partial charge is 0.262 e. The second-order valence-electron chi connectivity index (χ2n) is 4.25. The maximum Gasteiger partial charge on any atom is 0.262 e. The molecule has 0 fully saturated rings. The Bertz CT molecular complexity index is 434. The van der Waals surface area contributed by atoms with Gasteiger partial charge < -0.3 is 20.1 Å². The van der Waals surface area contributed by atoms with Crippen LogP contribution in [0.15, 0.2) is 18.2 Å². The van der Waals surface area contributed by atoms with E-state index < -0.39 is 0 Å². The zero-order chi connectivity index (χ0) is 13.0. The Morgan fingerprint density at radius 3 is 3.11 bits per heavy atom. The summed E-state index contributed by atoms with van der Waals surface area (Å²) in [5.41, 5.74) is 1.66. The van der Waals surface area contributed by atoms with E-state index in [1.54, 1.807) is 7.11 Å². The molecule has 0 saturated heterocycles. The molecule has 18 heavy (non-hydrogen) atoms. The Labute approximate surface area is 106 Å². The molecule has 1 heterocycles. The highest BCUT2D eigenvalue weighted by Gasteiger charge is 2.16. The van der Waals surface area contributed by atoms with Crippen LogP contribution in [0.1, 0.15) is 13.3 Å². The zero-order valence-electron chi connectivity index (χ0n) is 10.7. The van der Waals surface area contributed by atoms with E-state index in [9.17, 15) is 4.79 Å². The molecule has 0 aromatic heterocycles. The highest BCUT2D eigenvalue weighted by molar-refractivity contribution is 5.96. The molecule has 2 rings (SSSR count). The minimum Gasteiger partial charge on any atom is -0.482 e. The summed E-state index contributed by atoms with van der Waals surface area (Å²) in [6, 6.07) is 5.93. The lowest BCUT2D eigenvalue weighted by Gasteiger charge is -2.21. The Morgan fingerprint density at radius 1 is 1.56 bits per heavy atom. The third-order valence-electron chi connectivity index (χ3n) is 2.84. The van der Waals surface area contributed by atoms with E-state index in [-0.39, 0.29) is 18.6 Å². The van der Waals surface area contributed by atoms with Crippen LogP contribution in [0, 0.1) is 0 Å². The Kier molecular flexibility index (Phi) is 4.04. The Hall–Kier alpha value is -1.75. The maximum absolute atomic E-state index is 11.2. The molecule has 1 aliphatic heterocycles. The van der Waals surface area contributed by atoms with Crippen LogP contribution in [-0.4, -0.2) is 32.3 Å². The number of nitrogens with one attached hydrogen (secondary N) is 2. The second kappa shape index (κ2) is 5.73. The molecule has 1 aliphatic rings. The van der Waals surface area contributed by atoms with Crippen molar-refractivity contribution in [1.82, 2.24) is 0 Å². The van der Waals surface area contributed by atoms with Crippen LogP contribution in [0.25, 0.3) is 0 Å². The lowest BCUT2D eigenvalue weighted by molar-refractivity contribution is -0.118. The molecule has 5 heteroatoms. The van der Waals surface area contributed by atoms with E-state index in [2.05, 4.69) is 17.6 Å². The number of carbonyl (C=O) groups excluding carboxylic acids is 1. The fourth-order valence-corrected chi connectivity index (χ4v) is 1.87. The predicted octanol–water partition coefficient (Wildman–Crippen LogP) is 1.85. The summed E-state index contributed by atoms with van der Waals surface area (Å²) >= 11 is 0. The van der Waals surface area contributed by atoms with Gasteiger partial charge in [0, 0.05) is 18.8 Å². The third-order valence-corrected chi connectivity index (χ3v) is 2.84. The van der Waals surface area contributed by atoms with E-state index >= 15 is 0 Å². The highest BCUT2D eigenvalue weighted by atomic mass is 16.5. The number of ether oxygens (including phenoxy) is 2. The van der Waals surface area contributed by atoms with Gasteiger partial charge in [0.05, 0.1) is 12.3 Å². The van der Waals surface area contributed by atoms with E-state index in [1.807, 2.05) is 18.2 Å². The van der Waals surface area contributed by atoms with Gasteiger partial charge in [-0.25, -0.2) is 0 Å². The first-order valence-electron chi connectivity index (χ1n) is 6.05. The van der Waals surface area contributed by atoms with Crippen molar-refractivity contribution in [1.29, 1.82) is 0 Å². The first-order valence-corrected chi connectivity index (χ1v) is 6.05. The molecule has 1 amide bonds. The van der Waals surface area contributed by atoms with Crippen molar-refractivity contribution in [3.8, 4) is 5.75 Å². The number of anilines is 2. The van der Waals surface area contributed by atoms with Crippen molar-refractivity contribution in [2.75, 3.05) is 31.0 Å². The molecular weight excluding hydrogens is 232 g/mol. The fourth-order valence-electron chi connectivity index (χ4n) is 1.87. The Balaban J connectivity index is 2.10. The predicted molar refractivity (Wildman–Crippen MR) is 70.1 cm³/mol. The summed E-state index contributed by atoms with van der Waals surface area (Å²) in [6.45, 7) is 2.83. The van der Waals surface area contributed by atoms with Crippen LogP contribution in [0.5, 0.6) is 5.75 Å². The fraction of sp³-hybridized carbons (Fsp3) is 0.462. The molecule has 0 radical (unpaired) electrons. The van der Waals surface area contributed by atoms with Gasteiger partial charge in [0.1, 0.15) is 5.75 Å². The van der Waals surface area contributed by atoms with E-state index in [1.165, 1.54) is 0 Å². The van der Waals surface area contributed by atoms with Gasteiger partial charge in [0.15, 0.2) is 6.61 Å². The van der Waals surface area contributed by atoms with Crippen LogP contribution >= 0.6 is 0 Å². The molecule has 0 bridgehead atoms. The molecule has 2 N–H and O–H groups in total. The topological polar surface area (TPSA) is 59.6 Å². The number of methoxy groups -OCH3 is 1. The Morgan fingerprint density at radius 2 is 2.39 bits per heavy atom. The van der Waals surface area contributed by atoms with E-state index in [0.717, 1.165) is 12.1 Å².